The molecule has 0 atom stereocenters. The van der Waals surface area contributed by atoms with Gasteiger partial charge in [0.05, 0.1) is 12.8 Å². The zero-order valence-electron chi connectivity index (χ0n) is 8.95. The Labute approximate surface area is 89.1 Å². The Morgan fingerprint density at radius 1 is 1.33 bits per heavy atom. The third kappa shape index (κ3) is 1.92. The largest absolute Gasteiger partial charge is 0.467 e. The zero-order chi connectivity index (χ0) is 10.7. The predicted molar refractivity (Wildman–Crippen MR) is 59.4 cm³/mol. The molecule has 3 heteroatoms. The monoisotopic (exact) mass is 202 g/mol. The van der Waals surface area contributed by atoms with Crippen molar-refractivity contribution in [2.24, 2.45) is 0 Å². The second-order valence-electron chi connectivity index (χ2n) is 3.48. The van der Waals surface area contributed by atoms with Crippen LogP contribution in [0, 0.1) is 6.92 Å². The van der Waals surface area contributed by atoms with Crippen LogP contribution >= 0.6 is 0 Å². The molecule has 15 heavy (non-hydrogen) atoms. The Hall–Kier alpha value is -1.61. The van der Waals surface area contributed by atoms with Gasteiger partial charge in [-0.15, -0.1) is 0 Å². The number of nitrogens with zero attached hydrogens (tertiary/aromatic N) is 1. The first-order valence-corrected chi connectivity index (χ1v) is 4.95. The van der Waals surface area contributed by atoms with Crippen molar-refractivity contribution in [3.63, 3.8) is 0 Å². The van der Waals surface area contributed by atoms with E-state index in [-0.39, 0.29) is 0 Å². The van der Waals surface area contributed by atoms with Crippen LogP contribution in [0.2, 0.25) is 0 Å². The molecule has 1 N–H and O–H groups in total. The summed E-state index contributed by atoms with van der Waals surface area (Å²) in [6, 6.07) is 4.01. The summed E-state index contributed by atoms with van der Waals surface area (Å²) >= 11 is 0. The van der Waals surface area contributed by atoms with Crippen LogP contribution < -0.4 is 5.32 Å². The Balaban J connectivity index is 2.45. The SMILES string of the molecule is CNCc1occc1-c1ccncc1C. The van der Waals surface area contributed by atoms with Gasteiger partial charge in [0.15, 0.2) is 0 Å². The molecule has 2 aromatic rings. The van der Waals surface area contributed by atoms with Crippen molar-refractivity contribution >= 4 is 0 Å². The standard InChI is InChI=1S/C12H14N2O/c1-9-7-14-5-3-10(9)11-4-6-15-12(11)8-13-2/h3-7,13H,8H2,1-2H3. The molecule has 0 amide bonds. The molecule has 0 aliphatic heterocycles. The van der Waals surface area contributed by atoms with Crippen molar-refractivity contribution < 1.29 is 4.42 Å². The van der Waals surface area contributed by atoms with Crippen LogP contribution in [0.3, 0.4) is 0 Å². The molecule has 0 bridgehead atoms. The van der Waals surface area contributed by atoms with E-state index >= 15 is 0 Å². The smallest absolute Gasteiger partial charge is 0.125 e. The number of hydrogen-bond donors (Lipinski definition) is 1. The lowest BCUT2D eigenvalue weighted by atomic mass is 10.0. The van der Waals surface area contributed by atoms with E-state index < -0.39 is 0 Å². The number of pyridine rings is 1. The Morgan fingerprint density at radius 2 is 2.20 bits per heavy atom. The summed E-state index contributed by atoms with van der Waals surface area (Å²) in [6.45, 7) is 2.79. The number of aryl methyl sites for hydroxylation is 1. The van der Waals surface area contributed by atoms with Crippen LogP contribution in [0.15, 0.2) is 35.2 Å². The maximum Gasteiger partial charge on any atom is 0.125 e. The van der Waals surface area contributed by atoms with E-state index in [0.717, 1.165) is 23.4 Å². The van der Waals surface area contributed by atoms with Gasteiger partial charge < -0.3 is 9.73 Å². The number of furan rings is 1. The van der Waals surface area contributed by atoms with Crippen LogP contribution in [-0.2, 0) is 6.54 Å². The Kier molecular flexibility index (Phi) is 2.83. The van der Waals surface area contributed by atoms with Crippen molar-refractivity contribution in [2.45, 2.75) is 13.5 Å². The van der Waals surface area contributed by atoms with Gasteiger partial charge in [0, 0.05) is 18.0 Å². The van der Waals surface area contributed by atoms with Gasteiger partial charge in [-0.1, -0.05) is 0 Å². The summed E-state index contributed by atoms with van der Waals surface area (Å²) in [5.74, 6) is 0.965. The van der Waals surface area contributed by atoms with Crippen molar-refractivity contribution in [3.05, 3.63) is 42.1 Å². The van der Waals surface area contributed by atoms with Crippen LogP contribution in [0.1, 0.15) is 11.3 Å². The molecule has 2 heterocycles. The number of nitrogens with one attached hydrogen (secondary N) is 1. The van der Waals surface area contributed by atoms with Crippen LogP contribution in [0.5, 0.6) is 0 Å². The fraction of sp³-hybridized carbons (Fsp3) is 0.250. The first kappa shape index (κ1) is 9.93. The van der Waals surface area contributed by atoms with E-state index in [1.165, 1.54) is 5.56 Å². The first-order chi connectivity index (χ1) is 7.33. The van der Waals surface area contributed by atoms with Crippen LogP contribution in [0.25, 0.3) is 11.1 Å². The molecule has 0 saturated heterocycles. The van der Waals surface area contributed by atoms with E-state index in [1.54, 1.807) is 12.5 Å². The van der Waals surface area contributed by atoms with Gasteiger partial charge >= 0.3 is 0 Å². The van der Waals surface area contributed by atoms with E-state index in [4.69, 9.17) is 4.42 Å². The summed E-state index contributed by atoms with van der Waals surface area (Å²) in [5, 5.41) is 3.09. The minimum atomic E-state index is 0.740. The summed E-state index contributed by atoms with van der Waals surface area (Å²) in [4.78, 5) is 4.08. The molecule has 0 unspecified atom stereocenters. The molecule has 3 nitrogen and oxygen atoms in total. The van der Waals surface area contributed by atoms with Crippen LogP contribution in [-0.4, -0.2) is 12.0 Å². The highest BCUT2D eigenvalue weighted by Gasteiger charge is 2.09. The number of rotatable bonds is 3. The average Bonchev–Trinajstić information content (AvgIpc) is 2.67. The molecular formula is C12H14N2O. The number of aromatic nitrogens is 1. The van der Waals surface area contributed by atoms with E-state index in [1.807, 2.05) is 25.4 Å². The molecular weight excluding hydrogens is 188 g/mol. The normalized spacial score (nSPS) is 10.5. The molecule has 0 aliphatic rings. The predicted octanol–water partition coefficient (Wildman–Crippen LogP) is 2.37. The van der Waals surface area contributed by atoms with Gasteiger partial charge in [-0.25, -0.2) is 0 Å². The fourth-order valence-corrected chi connectivity index (χ4v) is 1.65. The molecule has 0 radical (unpaired) electrons. The van der Waals surface area contributed by atoms with E-state index in [2.05, 4.69) is 17.2 Å². The average molecular weight is 202 g/mol. The molecule has 0 spiro atoms. The fourth-order valence-electron chi connectivity index (χ4n) is 1.65. The third-order valence-corrected chi connectivity index (χ3v) is 2.39. The maximum absolute atomic E-state index is 5.43. The minimum absolute atomic E-state index is 0.740. The summed E-state index contributed by atoms with van der Waals surface area (Å²) in [6.07, 6.45) is 5.39. The topological polar surface area (TPSA) is 38.1 Å². The second kappa shape index (κ2) is 4.28. The summed E-state index contributed by atoms with van der Waals surface area (Å²) in [5.41, 5.74) is 3.49. The van der Waals surface area contributed by atoms with Gasteiger partial charge in [-0.3, -0.25) is 4.98 Å². The van der Waals surface area contributed by atoms with Gasteiger partial charge in [-0.05, 0) is 37.2 Å². The van der Waals surface area contributed by atoms with Crippen molar-refractivity contribution in [1.82, 2.24) is 10.3 Å². The first-order valence-electron chi connectivity index (χ1n) is 4.95. The lowest BCUT2D eigenvalue weighted by Gasteiger charge is -2.04. The molecule has 2 rings (SSSR count). The highest BCUT2D eigenvalue weighted by Crippen LogP contribution is 2.26. The maximum atomic E-state index is 5.43. The molecule has 0 saturated carbocycles. The number of hydrogen-bond acceptors (Lipinski definition) is 3. The second-order valence-corrected chi connectivity index (χ2v) is 3.48. The Morgan fingerprint density at radius 3 is 2.93 bits per heavy atom. The molecule has 0 aromatic carbocycles. The minimum Gasteiger partial charge on any atom is -0.467 e. The van der Waals surface area contributed by atoms with E-state index in [0.29, 0.717) is 0 Å². The highest BCUT2D eigenvalue weighted by atomic mass is 16.3. The van der Waals surface area contributed by atoms with E-state index in [9.17, 15) is 0 Å². The Bertz CT molecular complexity index is 448. The lowest BCUT2D eigenvalue weighted by molar-refractivity contribution is 0.496. The van der Waals surface area contributed by atoms with Crippen molar-refractivity contribution in [1.29, 1.82) is 0 Å². The third-order valence-electron chi connectivity index (χ3n) is 2.39. The molecule has 78 valence electrons. The van der Waals surface area contributed by atoms with Gasteiger partial charge in [0.1, 0.15) is 5.76 Å². The van der Waals surface area contributed by atoms with Gasteiger partial charge in [0.2, 0.25) is 0 Å². The molecule has 0 aliphatic carbocycles. The summed E-state index contributed by atoms with van der Waals surface area (Å²) < 4.78 is 5.43. The van der Waals surface area contributed by atoms with Crippen molar-refractivity contribution in [2.75, 3.05) is 7.05 Å². The lowest BCUT2D eigenvalue weighted by Crippen LogP contribution is -2.05. The quantitative estimate of drug-likeness (QED) is 0.830. The van der Waals surface area contributed by atoms with Crippen molar-refractivity contribution in [3.8, 4) is 11.1 Å². The zero-order valence-corrected chi connectivity index (χ0v) is 8.95. The molecule has 2 aromatic heterocycles. The highest BCUT2D eigenvalue weighted by molar-refractivity contribution is 5.68. The summed E-state index contributed by atoms with van der Waals surface area (Å²) in [7, 11) is 1.91. The van der Waals surface area contributed by atoms with Crippen LogP contribution in [0.4, 0.5) is 0 Å². The van der Waals surface area contributed by atoms with Gasteiger partial charge in [0.25, 0.3) is 0 Å². The van der Waals surface area contributed by atoms with Gasteiger partial charge in [-0.2, -0.15) is 0 Å². The molecule has 0 fully saturated rings.